The van der Waals surface area contributed by atoms with E-state index in [-0.39, 0.29) is 11.7 Å². The third-order valence-electron chi connectivity index (χ3n) is 2.74. The third kappa shape index (κ3) is 1.66. The molecule has 0 fully saturated rings. The van der Waals surface area contributed by atoms with Crippen LogP contribution in [0.3, 0.4) is 0 Å². The van der Waals surface area contributed by atoms with Crippen LogP contribution in [-0.2, 0) is 11.2 Å². The van der Waals surface area contributed by atoms with Gasteiger partial charge in [0.2, 0.25) is 5.91 Å². The second-order valence-electron chi connectivity index (χ2n) is 3.77. The summed E-state index contributed by atoms with van der Waals surface area (Å²) >= 11 is 0. The molecule has 0 aromatic heterocycles. The summed E-state index contributed by atoms with van der Waals surface area (Å²) in [6.07, 6.45) is 1.01. The van der Waals surface area contributed by atoms with Gasteiger partial charge in [0.1, 0.15) is 5.75 Å². The molecule has 1 aliphatic heterocycles. The summed E-state index contributed by atoms with van der Waals surface area (Å²) in [5.41, 5.74) is 2.19. The van der Waals surface area contributed by atoms with Gasteiger partial charge in [-0.25, -0.2) is 0 Å². The first-order valence-corrected chi connectivity index (χ1v) is 5.14. The quantitative estimate of drug-likeness (QED) is 0.771. The number of methoxy groups -OCH3 is 1. The molecule has 0 aliphatic carbocycles. The molecule has 2 rings (SSSR count). The molecule has 0 atom stereocenters. The molecule has 0 radical (unpaired) electrons. The number of amides is 1. The summed E-state index contributed by atoms with van der Waals surface area (Å²) in [5.74, 6) is 0.578. The molecule has 16 heavy (non-hydrogen) atoms. The summed E-state index contributed by atoms with van der Waals surface area (Å²) in [7, 11) is 1.55. The maximum Gasteiger partial charge on any atom is 0.224 e. The van der Waals surface area contributed by atoms with Crippen molar-refractivity contribution in [1.82, 2.24) is 0 Å². The first-order chi connectivity index (χ1) is 7.63. The van der Waals surface area contributed by atoms with E-state index >= 15 is 0 Å². The number of anilines is 1. The van der Waals surface area contributed by atoms with Gasteiger partial charge in [-0.2, -0.15) is 0 Å². The van der Waals surface area contributed by atoms with Gasteiger partial charge in [-0.3, -0.25) is 9.59 Å². The van der Waals surface area contributed by atoms with E-state index < -0.39 is 0 Å². The highest BCUT2D eigenvalue weighted by Crippen LogP contribution is 2.34. The minimum Gasteiger partial charge on any atom is -0.495 e. The molecule has 0 bridgehead atoms. The van der Waals surface area contributed by atoms with Gasteiger partial charge in [0.05, 0.1) is 12.8 Å². The fourth-order valence-electron chi connectivity index (χ4n) is 1.96. The normalized spacial score (nSPS) is 14.0. The number of rotatable bonds is 2. The third-order valence-corrected chi connectivity index (χ3v) is 2.74. The Balaban J connectivity index is 2.59. The van der Waals surface area contributed by atoms with Gasteiger partial charge in [0.15, 0.2) is 5.78 Å². The molecule has 4 heteroatoms. The van der Waals surface area contributed by atoms with Crippen LogP contribution in [-0.4, -0.2) is 18.8 Å². The molecule has 0 saturated carbocycles. The topological polar surface area (TPSA) is 55.4 Å². The summed E-state index contributed by atoms with van der Waals surface area (Å²) in [5, 5.41) is 2.76. The van der Waals surface area contributed by atoms with Crippen molar-refractivity contribution in [3.63, 3.8) is 0 Å². The Kier molecular flexibility index (Phi) is 2.64. The number of fused-ring (bicyclic) bond motifs is 1. The zero-order valence-corrected chi connectivity index (χ0v) is 9.29. The Morgan fingerprint density at radius 1 is 1.38 bits per heavy atom. The SMILES string of the molecule is COc1ccc(C(C)=O)c2c1NC(=O)CC2. The van der Waals surface area contributed by atoms with Crippen LogP contribution < -0.4 is 10.1 Å². The Morgan fingerprint density at radius 3 is 2.75 bits per heavy atom. The van der Waals surface area contributed by atoms with E-state index in [1.54, 1.807) is 19.2 Å². The molecule has 0 saturated heterocycles. The second kappa shape index (κ2) is 3.96. The predicted octanol–water partition coefficient (Wildman–Crippen LogP) is 1.78. The van der Waals surface area contributed by atoms with E-state index in [1.165, 1.54) is 6.92 Å². The highest BCUT2D eigenvalue weighted by molar-refractivity contribution is 6.02. The molecule has 84 valence electrons. The van der Waals surface area contributed by atoms with Gasteiger partial charge >= 0.3 is 0 Å². The summed E-state index contributed by atoms with van der Waals surface area (Å²) in [6, 6.07) is 3.46. The van der Waals surface area contributed by atoms with E-state index in [0.717, 1.165) is 5.56 Å². The van der Waals surface area contributed by atoms with Crippen molar-refractivity contribution in [2.45, 2.75) is 19.8 Å². The molecule has 0 unspecified atom stereocenters. The van der Waals surface area contributed by atoms with Crippen LogP contribution in [0.5, 0.6) is 5.75 Å². The second-order valence-corrected chi connectivity index (χ2v) is 3.77. The molecular formula is C12H13NO3. The molecule has 1 amide bonds. The molecule has 1 aromatic carbocycles. The van der Waals surface area contributed by atoms with Crippen LogP contribution in [0, 0.1) is 0 Å². The van der Waals surface area contributed by atoms with Crippen molar-refractivity contribution in [1.29, 1.82) is 0 Å². The number of nitrogens with one attached hydrogen (secondary N) is 1. The number of ether oxygens (including phenoxy) is 1. The summed E-state index contributed by atoms with van der Waals surface area (Å²) in [6.45, 7) is 1.53. The largest absolute Gasteiger partial charge is 0.495 e. The van der Waals surface area contributed by atoms with Crippen LogP contribution in [0.25, 0.3) is 0 Å². The molecule has 1 aromatic rings. The fourth-order valence-corrected chi connectivity index (χ4v) is 1.96. The van der Waals surface area contributed by atoms with Crippen molar-refractivity contribution in [3.05, 3.63) is 23.3 Å². The lowest BCUT2D eigenvalue weighted by atomic mass is 9.95. The van der Waals surface area contributed by atoms with Crippen molar-refractivity contribution >= 4 is 17.4 Å². The number of carbonyl (C=O) groups excluding carboxylic acids is 2. The zero-order valence-electron chi connectivity index (χ0n) is 9.29. The van der Waals surface area contributed by atoms with Crippen LogP contribution in [0.15, 0.2) is 12.1 Å². The number of ketones is 1. The first-order valence-electron chi connectivity index (χ1n) is 5.14. The van der Waals surface area contributed by atoms with Gasteiger partial charge < -0.3 is 10.1 Å². The van der Waals surface area contributed by atoms with Crippen LogP contribution in [0.4, 0.5) is 5.69 Å². The number of hydrogen-bond acceptors (Lipinski definition) is 3. The Hall–Kier alpha value is -1.84. The fraction of sp³-hybridized carbons (Fsp3) is 0.333. The molecular weight excluding hydrogens is 206 g/mol. The number of carbonyl (C=O) groups is 2. The monoisotopic (exact) mass is 219 g/mol. The van der Waals surface area contributed by atoms with E-state index in [2.05, 4.69) is 5.32 Å². The minimum absolute atomic E-state index is 0.00931. The van der Waals surface area contributed by atoms with E-state index in [0.29, 0.717) is 29.8 Å². The van der Waals surface area contributed by atoms with Gasteiger partial charge in [0, 0.05) is 12.0 Å². The number of benzene rings is 1. The van der Waals surface area contributed by atoms with Crippen molar-refractivity contribution < 1.29 is 14.3 Å². The standard InChI is InChI=1S/C12H13NO3/c1-7(14)8-3-5-10(16-2)12-9(8)4-6-11(15)13-12/h3,5H,4,6H2,1-2H3,(H,13,15). The van der Waals surface area contributed by atoms with Gasteiger partial charge in [0.25, 0.3) is 0 Å². The molecule has 4 nitrogen and oxygen atoms in total. The lowest BCUT2D eigenvalue weighted by Gasteiger charge is -2.21. The number of hydrogen-bond donors (Lipinski definition) is 1. The van der Waals surface area contributed by atoms with E-state index in [4.69, 9.17) is 4.74 Å². The lowest BCUT2D eigenvalue weighted by Crippen LogP contribution is -2.21. The van der Waals surface area contributed by atoms with Crippen LogP contribution in [0.2, 0.25) is 0 Å². The Bertz CT molecular complexity index is 466. The number of Topliss-reactive ketones (excluding diaryl/α,β-unsaturated/α-hetero) is 1. The van der Waals surface area contributed by atoms with Crippen molar-refractivity contribution in [2.75, 3.05) is 12.4 Å². The van der Waals surface area contributed by atoms with Gasteiger partial charge in [-0.05, 0) is 31.0 Å². The van der Waals surface area contributed by atoms with Crippen LogP contribution >= 0.6 is 0 Å². The highest BCUT2D eigenvalue weighted by Gasteiger charge is 2.22. The average molecular weight is 219 g/mol. The zero-order chi connectivity index (χ0) is 11.7. The molecule has 1 N–H and O–H groups in total. The first kappa shape index (κ1) is 10.7. The van der Waals surface area contributed by atoms with Crippen molar-refractivity contribution in [3.8, 4) is 5.75 Å². The molecule has 1 aliphatic rings. The van der Waals surface area contributed by atoms with Gasteiger partial charge in [-0.1, -0.05) is 0 Å². The molecule has 0 spiro atoms. The Labute approximate surface area is 93.6 Å². The Morgan fingerprint density at radius 2 is 2.12 bits per heavy atom. The lowest BCUT2D eigenvalue weighted by molar-refractivity contribution is -0.116. The summed E-state index contributed by atoms with van der Waals surface area (Å²) < 4.78 is 5.17. The van der Waals surface area contributed by atoms with Crippen molar-refractivity contribution in [2.24, 2.45) is 0 Å². The summed E-state index contributed by atoms with van der Waals surface area (Å²) in [4.78, 5) is 22.8. The average Bonchev–Trinajstić information content (AvgIpc) is 2.27. The minimum atomic E-state index is -0.0356. The smallest absolute Gasteiger partial charge is 0.224 e. The molecule has 1 heterocycles. The van der Waals surface area contributed by atoms with Gasteiger partial charge in [-0.15, -0.1) is 0 Å². The maximum absolute atomic E-state index is 11.4. The predicted molar refractivity (Wildman–Crippen MR) is 59.9 cm³/mol. The van der Waals surface area contributed by atoms with Crippen LogP contribution in [0.1, 0.15) is 29.3 Å². The highest BCUT2D eigenvalue weighted by atomic mass is 16.5. The maximum atomic E-state index is 11.4. The van der Waals surface area contributed by atoms with E-state index in [9.17, 15) is 9.59 Å². The van der Waals surface area contributed by atoms with E-state index in [1.807, 2.05) is 0 Å².